The molecule has 0 radical (unpaired) electrons. The number of carbonyl (C=O) groups is 1. The molecule has 12 atom stereocenters. The number of aliphatic hydroxyl groups excluding tert-OH is 2. The van der Waals surface area contributed by atoms with Crippen molar-refractivity contribution in [2.45, 2.75) is 127 Å². The molecule has 3 fully saturated rings. The summed E-state index contributed by atoms with van der Waals surface area (Å²) in [5.74, 6) is -2.20. The summed E-state index contributed by atoms with van der Waals surface area (Å²) in [6.07, 6.45) is 9.39. The normalized spacial score (nSPS) is 43.3. The Morgan fingerprint density at radius 2 is 1.86 bits per heavy atom. The van der Waals surface area contributed by atoms with E-state index in [2.05, 4.69) is 26.8 Å². The number of allylic oxidation sites excluding steroid dienone is 2. The third-order valence-corrected chi connectivity index (χ3v) is 11.3. The molecule has 2 bridgehead atoms. The van der Waals surface area contributed by atoms with Gasteiger partial charge in [-0.2, -0.15) is 0 Å². The molecule has 0 saturated carbocycles. The van der Waals surface area contributed by atoms with Crippen LogP contribution in [0.15, 0.2) is 77.4 Å². The molecule has 0 aromatic heterocycles. The fraction of sp³-hybridized carbons (Fsp3) is 0.625. The maximum atomic E-state index is 14.1. The number of hydrogen-bond acceptors (Lipinski definition) is 9. The Morgan fingerprint density at radius 1 is 1.08 bits per heavy atom. The zero-order chi connectivity index (χ0) is 34.9. The zero-order valence-corrected chi connectivity index (χ0v) is 29.5. The lowest BCUT2D eigenvalue weighted by molar-refractivity contribution is -0.335. The maximum absolute atomic E-state index is 14.1. The van der Waals surface area contributed by atoms with Gasteiger partial charge >= 0.3 is 5.97 Å². The minimum absolute atomic E-state index is 0.0377. The van der Waals surface area contributed by atoms with Crippen molar-refractivity contribution in [1.82, 2.24) is 0 Å². The van der Waals surface area contributed by atoms with E-state index in [9.17, 15) is 20.1 Å². The number of rotatable bonds is 5. The molecule has 4 aliphatic heterocycles. The number of esters is 1. The number of ether oxygens (including phenoxy) is 5. The van der Waals surface area contributed by atoms with Gasteiger partial charge in [0.15, 0.2) is 5.79 Å². The van der Waals surface area contributed by atoms with E-state index < -0.39 is 47.7 Å². The second kappa shape index (κ2) is 14.9. The van der Waals surface area contributed by atoms with Crippen LogP contribution in [-0.2, 0) is 28.5 Å². The van der Waals surface area contributed by atoms with Gasteiger partial charge in [-0.3, -0.25) is 4.79 Å². The second-order valence-corrected chi connectivity index (χ2v) is 14.9. The highest BCUT2D eigenvalue weighted by Crippen LogP contribution is 2.47. The topological polar surface area (TPSA) is 124 Å². The molecule has 1 aromatic carbocycles. The molecule has 1 aliphatic carbocycles. The minimum atomic E-state index is -1.78. The Bertz CT molecular complexity index is 1450. The average Bonchev–Trinajstić information content (AvgIpc) is 3.43. The van der Waals surface area contributed by atoms with Crippen molar-refractivity contribution in [3.8, 4) is 0 Å². The van der Waals surface area contributed by atoms with Crippen LogP contribution in [0.5, 0.6) is 0 Å². The molecule has 9 heteroatoms. The average molecular weight is 679 g/mol. The summed E-state index contributed by atoms with van der Waals surface area (Å²) in [6.45, 7) is 10.3. The van der Waals surface area contributed by atoms with Gasteiger partial charge in [0.1, 0.15) is 35.9 Å². The van der Waals surface area contributed by atoms with Gasteiger partial charge in [-0.25, -0.2) is 0 Å². The summed E-state index contributed by atoms with van der Waals surface area (Å²) in [6, 6.07) is 9.48. The third-order valence-electron chi connectivity index (χ3n) is 11.3. The molecule has 1 unspecified atom stereocenters. The lowest BCUT2D eigenvalue weighted by Crippen LogP contribution is -2.58. The second-order valence-electron chi connectivity index (χ2n) is 14.9. The molecule has 3 saturated heterocycles. The van der Waals surface area contributed by atoms with Gasteiger partial charge in [0, 0.05) is 25.2 Å². The van der Waals surface area contributed by atoms with Gasteiger partial charge in [0.2, 0.25) is 0 Å². The van der Waals surface area contributed by atoms with Gasteiger partial charge in [-0.05, 0) is 61.3 Å². The first-order valence-corrected chi connectivity index (χ1v) is 18.1. The van der Waals surface area contributed by atoms with Gasteiger partial charge < -0.3 is 39.0 Å². The van der Waals surface area contributed by atoms with Crippen molar-refractivity contribution < 1.29 is 43.8 Å². The Labute approximate surface area is 290 Å². The molecule has 49 heavy (non-hydrogen) atoms. The Kier molecular flexibility index (Phi) is 11.0. The van der Waals surface area contributed by atoms with Crippen LogP contribution in [0.3, 0.4) is 0 Å². The monoisotopic (exact) mass is 678 g/mol. The lowest BCUT2D eigenvalue weighted by Gasteiger charge is -2.50. The van der Waals surface area contributed by atoms with Crippen LogP contribution in [0.25, 0.3) is 0 Å². The highest BCUT2D eigenvalue weighted by Gasteiger charge is 2.60. The van der Waals surface area contributed by atoms with Crippen molar-refractivity contribution in [2.24, 2.45) is 17.8 Å². The molecular formula is C40H54O9. The van der Waals surface area contributed by atoms with Crippen molar-refractivity contribution in [1.29, 1.82) is 0 Å². The number of fused-ring (bicyclic) bond motifs is 2. The van der Waals surface area contributed by atoms with E-state index in [4.69, 9.17) is 23.7 Å². The van der Waals surface area contributed by atoms with E-state index in [0.29, 0.717) is 42.7 Å². The fourth-order valence-electron chi connectivity index (χ4n) is 8.42. The van der Waals surface area contributed by atoms with Crippen LogP contribution in [0.2, 0.25) is 0 Å². The fourth-order valence-corrected chi connectivity index (χ4v) is 8.42. The predicted molar refractivity (Wildman–Crippen MR) is 184 cm³/mol. The van der Waals surface area contributed by atoms with E-state index in [0.717, 1.165) is 24.0 Å². The molecule has 268 valence electrons. The number of aliphatic hydroxyl groups is 3. The van der Waals surface area contributed by atoms with Crippen LogP contribution in [0.1, 0.15) is 84.8 Å². The van der Waals surface area contributed by atoms with Gasteiger partial charge in [0.25, 0.3) is 0 Å². The molecule has 9 nitrogen and oxygen atoms in total. The summed E-state index contributed by atoms with van der Waals surface area (Å²) in [4.78, 5) is 14.1. The zero-order valence-electron chi connectivity index (χ0n) is 29.5. The maximum Gasteiger partial charge on any atom is 0.316 e. The molecule has 0 amide bonds. The lowest BCUT2D eigenvalue weighted by atomic mass is 9.71. The molecular weight excluding hydrogens is 624 g/mol. The first-order valence-electron chi connectivity index (χ1n) is 18.1. The first-order chi connectivity index (χ1) is 23.4. The molecule has 3 N–H and O–H groups in total. The summed E-state index contributed by atoms with van der Waals surface area (Å²) in [5.41, 5.74) is 1.07. The minimum Gasteiger partial charge on any atom is -0.462 e. The van der Waals surface area contributed by atoms with E-state index in [1.54, 1.807) is 19.1 Å². The van der Waals surface area contributed by atoms with Gasteiger partial charge in [0.05, 0.1) is 31.5 Å². The van der Waals surface area contributed by atoms with Crippen molar-refractivity contribution in [3.05, 3.63) is 83.0 Å². The SMILES string of the molecule is CC[C@H]1O[C@]2(CC[C@@H]1C)C[C@@H]1C[C@@H](C/C=C(\C)[C@H](OCC(O)c3ccccc3)[C@@H](C)/C=C/C=C3\CO[C@@H]4[C@H](O)C(C)=C[C@@H](C(=O)O1)[C@]34O)O2. The smallest absolute Gasteiger partial charge is 0.316 e. The van der Waals surface area contributed by atoms with E-state index in [1.165, 1.54) is 0 Å². The van der Waals surface area contributed by atoms with Gasteiger partial charge in [-0.1, -0.05) is 81.5 Å². The van der Waals surface area contributed by atoms with Crippen molar-refractivity contribution in [2.75, 3.05) is 13.2 Å². The van der Waals surface area contributed by atoms with E-state index >= 15 is 0 Å². The number of hydrogen-bond donors (Lipinski definition) is 3. The molecule has 6 rings (SSSR count). The number of carbonyl (C=O) groups excluding carboxylic acids is 1. The summed E-state index contributed by atoms with van der Waals surface area (Å²) >= 11 is 0. The van der Waals surface area contributed by atoms with E-state index in [1.807, 2.05) is 49.4 Å². The Hall–Kier alpha value is -2.63. The summed E-state index contributed by atoms with van der Waals surface area (Å²) in [7, 11) is 0. The van der Waals surface area contributed by atoms with Crippen LogP contribution in [0.4, 0.5) is 0 Å². The van der Waals surface area contributed by atoms with Crippen molar-refractivity contribution >= 4 is 5.97 Å². The summed E-state index contributed by atoms with van der Waals surface area (Å²) < 4.78 is 32.2. The highest BCUT2D eigenvalue weighted by molar-refractivity contribution is 5.78. The summed E-state index contributed by atoms with van der Waals surface area (Å²) in [5, 5.41) is 34.3. The molecule has 4 heterocycles. The number of benzene rings is 1. The highest BCUT2D eigenvalue weighted by atomic mass is 16.7. The van der Waals surface area contributed by atoms with Crippen molar-refractivity contribution in [3.63, 3.8) is 0 Å². The van der Waals surface area contributed by atoms with Crippen LogP contribution >= 0.6 is 0 Å². The predicted octanol–water partition coefficient (Wildman–Crippen LogP) is 5.65. The standard InChI is InChI=1S/C40H54O9/c1-6-34-24(2)17-18-39(49-34)21-31-20-30(48-39)16-15-26(4)36(45-23-33(41)28-12-8-7-9-13-28)25(3)11-10-14-29-22-46-37-35(42)27(5)19-32(38(43)47-31)40(29,37)44/h7-15,19,24-25,30-37,41-42,44H,6,16-18,20-23H2,1-5H3/b11-10+,26-15+,29-14+/t24-,25-,30+,31-,32-,33?,34+,35+,36+,37+,39+,40+/m0/s1. The quantitative estimate of drug-likeness (QED) is 0.268. The first kappa shape index (κ1) is 36.2. The Morgan fingerprint density at radius 3 is 2.61 bits per heavy atom. The van der Waals surface area contributed by atoms with Crippen LogP contribution in [-0.4, -0.2) is 82.5 Å². The van der Waals surface area contributed by atoms with Crippen LogP contribution in [0, 0.1) is 17.8 Å². The Balaban J connectivity index is 1.36. The molecule has 1 spiro atoms. The van der Waals surface area contributed by atoms with E-state index in [-0.39, 0.29) is 37.4 Å². The third kappa shape index (κ3) is 7.40. The van der Waals surface area contributed by atoms with Crippen LogP contribution < -0.4 is 0 Å². The molecule has 5 aliphatic rings. The largest absolute Gasteiger partial charge is 0.462 e. The molecule has 1 aromatic rings. The van der Waals surface area contributed by atoms with Gasteiger partial charge in [-0.15, -0.1) is 0 Å².